The van der Waals surface area contributed by atoms with Crippen molar-refractivity contribution in [1.82, 2.24) is 9.97 Å². The van der Waals surface area contributed by atoms with Gasteiger partial charge in [0, 0.05) is 13.6 Å². The van der Waals surface area contributed by atoms with Crippen LogP contribution in [-0.4, -0.2) is 30.2 Å². The van der Waals surface area contributed by atoms with Crippen LogP contribution < -0.4 is 15.5 Å². The monoisotopic (exact) mass is 423 g/mol. The van der Waals surface area contributed by atoms with Crippen molar-refractivity contribution in [3.8, 4) is 0 Å². The van der Waals surface area contributed by atoms with Crippen molar-refractivity contribution < 1.29 is 0 Å². The molecule has 1 aromatic heterocycles. The minimum absolute atomic E-state index is 0.369. The topological polar surface area (TPSA) is 58.3 Å². The van der Waals surface area contributed by atoms with Crippen LogP contribution in [0.5, 0.6) is 0 Å². The summed E-state index contributed by atoms with van der Waals surface area (Å²) in [6, 6.07) is 0. The highest BCUT2D eigenvalue weighted by Crippen LogP contribution is 2.45. The maximum absolute atomic E-state index is 6.10. The van der Waals surface area contributed by atoms with E-state index in [0.29, 0.717) is 11.2 Å². The van der Waals surface area contributed by atoms with Gasteiger partial charge in [0.05, 0.1) is 6.67 Å². The molecule has 2 aliphatic rings. The molecule has 2 atom stereocenters. The van der Waals surface area contributed by atoms with E-state index < -0.39 is 0 Å². The van der Waals surface area contributed by atoms with Crippen molar-refractivity contribution in [3.05, 3.63) is 41.3 Å². The highest BCUT2D eigenvalue weighted by atomic mass is 15.4. The molecule has 0 fully saturated rings. The Morgan fingerprint density at radius 2 is 1.97 bits per heavy atom. The Hall–Kier alpha value is -2.30. The lowest BCUT2D eigenvalue weighted by molar-refractivity contribution is 0.211. The SMILES string of the molecule is CC1=CCC[C@H](C)[C@@]1(C)CC/C(C)=C/CC/C(C)=C/CN1CN(C)c2ncnc(N)c21. The van der Waals surface area contributed by atoms with Crippen LogP contribution >= 0.6 is 0 Å². The Kier molecular flexibility index (Phi) is 7.45. The van der Waals surface area contributed by atoms with Gasteiger partial charge in [0.25, 0.3) is 0 Å². The first-order valence-electron chi connectivity index (χ1n) is 11.8. The number of nitrogen functional groups attached to an aromatic ring is 1. The number of anilines is 3. The quantitative estimate of drug-likeness (QED) is 0.511. The van der Waals surface area contributed by atoms with E-state index in [1.54, 1.807) is 5.57 Å². The third-order valence-electron chi connectivity index (χ3n) is 7.66. The Morgan fingerprint density at radius 1 is 1.23 bits per heavy atom. The van der Waals surface area contributed by atoms with E-state index in [-0.39, 0.29) is 0 Å². The Bertz CT molecular complexity index is 869. The lowest BCUT2D eigenvalue weighted by Gasteiger charge is -2.40. The zero-order chi connectivity index (χ0) is 22.6. The van der Waals surface area contributed by atoms with Gasteiger partial charge in [0.1, 0.15) is 12.0 Å². The molecular weight excluding hydrogens is 382 g/mol. The van der Waals surface area contributed by atoms with Gasteiger partial charge in [-0.1, -0.05) is 48.8 Å². The summed E-state index contributed by atoms with van der Waals surface area (Å²) < 4.78 is 0. The summed E-state index contributed by atoms with van der Waals surface area (Å²) in [5.41, 5.74) is 12.0. The van der Waals surface area contributed by atoms with Crippen LogP contribution in [0.1, 0.15) is 73.1 Å². The molecule has 0 unspecified atom stereocenters. The zero-order valence-corrected chi connectivity index (χ0v) is 20.4. The molecule has 3 rings (SSSR count). The third kappa shape index (κ3) is 5.31. The molecule has 0 saturated heterocycles. The molecule has 31 heavy (non-hydrogen) atoms. The zero-order valence-electron chi connectivity index (χ0n) is 20.4. The first kappa shape index (κ1) is 23.4. The fourth-order valence-corrected chi connectivity index (χ4v) is 4.92. The molecule has 5 heteroatoms. The number of fused-ring (bicyclic) bond motifs is 1. The van der Waals surface area contributed by atoms with Crippen molar-refractivity contribution in [2.45, 2.75) is 73.1 Å². The van der Waals surface area contributed by atoms with Crippen LogP contribution in [-0.2, 0) is 0 Å². The molecule has 2 heterocycles. The second kappa shape index (κ2) is 9.88. The fourth-order valence-electron chi connectivity index (χ4n) is 4.92. The largest absolute Gasteiger partial charge is 0.382 e. The molecule has 0 bridgehead atoms. The lowest BCUT2D eigenvalue weighted by Crippen LogP contribution is -2.29. The highest BCUT2D eigenvalue weighted by Gasteiger charge is 2.34. The van der Waals surface area contributed by atoms with E-state index in [2.05, 4.69) is 72.6 Å². The fraction of sp³-hybridized carbons (Fsp3) is 0.615. The summed E-state index contributed by atoms with van der Waals surface area (Å²) in [6.07, 6.45) is 16.0. The van der Waals surface area contributed by atoms with Crippen LogP contribution in [0.15, 0.2) is 41.3 Å². The second-order valence-electron chi connectivity index (χ2n) is 9.92. The minimum Gasteiger partial charge on any atom is -0.382 e. The van der Waals surface area contributed by atoms with Gasteiger partial charge in [0.15, 0.2) is 11.6 Å². The lowest BCUT2D eigenvalue weighted by atomic mass is 9.65. The molecule has 0 saturated carbocycles. The van der Waals surface area contributed by atoms with Crippen LogP contribution in [0.25, 0.3) is 0 Å². The van der Waals surface area contributed by atoms with Gasteiger partial charge in [-0.25, -0.2) is 9.97 Å². The van der Waals surface area contributed by atoms with Crippen LogP contribution in [0.3, 0.4) is 0 Å². The van der Waals surface area contributed by atoms with Crippen LogP contribution in [0.4, 0.5) is 17.3 Å². The first-order valence-corrected chi connectivity index (χ1v) is 11.8. The van der Waals surface area contributed by atoms with Crippen molar-refractivity contribution in [1.29, 1.82) is 0 Å². The second-order valence-corrected chi connectivity index (χ2v) is 9.92. The van der Waals surface area contributed by atoms with Gasteiger partial charge >= 0.3 is 0 Å². The molecular formula is C26H41N5. The van der Waals surface area contributed by atoms with Gasteiger partial charge < -0.3 is 15.5 Å². The van der Waals surface area contributed by atoms with E-state index in [9.17, 15) is 0 Å². The van der Waals surface area contributed by atoms with Gasteiger partial charge in [-0.05, 0) is 70.6 Å². The standard InChI is InChI=1S/C26H41N5/c1-19(13-15-26(5)21(3)11-8-12-22(26)4)9-7-10-20(2)14-16-31-18-30(6)25-23(31)24(27)28-17-29-25/h9,11,14,17,22H,7-8,10,12-13,15-16,18H2,1-6H3,(H2,27,28,29)/b19-9+,20-14+/t22-,26-/m0/s1. The molecule has 2 N–H and O–H groups in total. The Balaban J connectivity index is 1.48. The molecule has 170 valence electrons. The molecule has 1 aliphatic heterocycles. The first-order chi connectivity index (χ1) is 14.7. The van der Waals surface area contributed by atoms with E-state index in [0.717, 1.165) is 43.5 Å². The summed E-state index contributed by atoms with van der Waals surface area (Å²) in [4.78, 5) is 12.9. The Morgan fingerprint density at radius 3 is 2.71 bits per heavy atom. The molecule has 5 nitrogen and oxygen atoms in total. The summed E-state index contributed by atoms with van der Waals surface area (Å²) in [5.74, 6) is 2.26. The maximum atomic E-state index is 6.10. The molecule has 0 aromatic carbocycles. The van der Waals surface area contributed by atoms with E-state index in [1.807, 2.05) is 7.05 Å². The van der Waals surface area contributed by atoms with Gasteiger partial charge in [0.2, 0.25) is 0 Å². The van der Waals surface area contributed by atoms with Gasteiger partial charge in [-0.2, -0.15) is 0 Å². The number of hydrogen-bond acceptors (Lipinski definition) is 5. The van der Waals surface area contributed by atoms with E-state index >= 15 is 0 Å². The number of allylic oxidation sites excluding steroid dienone is 5. The van der Waals surface area contributed by atoms with Gasteiger partial charge in [-0.15, -0.1) is 0 Å². The van der Waals surface area contributed by atoms with Crippen LogP contribution in [0.2, 0.25) is 0 Å². The molecule has 0 radical (unpaired) electrons. The minimum atomic E-state index is 0.369. The summed E-state index contributed by atoms with van der Waals surface area (Å²) in [7, 11) is 2.04. The average Bonchev–Trinajstić information content (AvgIpc) is 3.06. The molecule has 1 aliphatic carbocycles. The number of rotatable bonds is 8. The molecule has 0 spiro atoms. The van der Waals surface area contributed by atoms with E-state index in [1.165, 1.54) is 43.2 Å². The van der Waals surface area contributed by atoms with Crippen molar-refractivity contribution in [3.63, 3.8) is 0 Å². The summed E-state index contributed by atoms with van der Waals surface area (Å²) in [5, 5.41) is 0. The highest BCUT2D eigenvalue weighted by molar-refractivity contribution is 5.81. The number of aromatic nitrogens is 2. The third-order valence-corrected chi connectivity index (χ3v) is 7.66. The number of nitrogens with two attached hydrogens (primary N) is 1. The smallest absolute Gasteiger partial charge is 0.159 e. The molecule has 0 amide bonds. The molecule has 1 aromatic rings. The van der Waals surface area contributed by atoms with Crippen LogP contribution in [0, 0.1) is 11.3 Å². The number of hydrogen-bond donors (Lipinski definition) is 1. The van der Waals surface area contributed by atoms with Crippen molar-refractivity contribution >= 4 is 17.3 Å². The summed E-state index contributed by atoms with van der Waals surface area (Å²) in [6.45, 7) is 13.4. The van der Waals surface area contributed by atoms with E-state index in [4.69, 9.17) is 5.73 Å². The normalized spacial score (nSPS) is 24.5. The average molecular weight is 424 g/mol. The van der Waals surface area contributed by atoms with Crippen molar-refractivity contribution in [2.24, 2.45) is 11.3 Å². The van der Waals surface area contributed by atoms with Gasteiger partial charge in [-0.3, -0.25) is 0 Å². The maximum Gasteiger partial charge on any atom is 0.159 e. The van der Waals surface area contributed by atoms with Crippen molar-refractivity contribution in [2.75, 3.05) is 35.8 Å². The number of nitrogens with zero attached hydrogens (tertiary/aromatic N) is 4. The predicted molar refractivity (Wildman–Crippen MR) is 133 cm³/mol. The summed E-state index contributed by atoms with van der Waals surface area (Å²) >= 11 is 0. The predicted octanol–water partition coefficient (Wildman–Crippen LogP) is 6.11. The Labute approximate surface area is 189 Å².